The maximum Gasteiger partial charge on any atom is 0.181 e. The highest BCUT2D eigenvalue weighted by molar-refractivity contribution is 7.91. The lowest BCUT2D eigenvalue weighted by atomic mass is 10.1. The number of methoxy groups -OCH3 is 1. The van der Waals surface area contributed by atoms with E-state index in [1.165, 1.54) is 12.1 Å². The molecule has 2 aromatic rings. The summed E-state index contributed by atoms with van der Waals surface area (Å²) >= 11 is 5.68. The number of halogens is 1. The Morgan fingerprint density at radius 1 is 0.962 bits per heavy atom. The number of hydrogen-bond donors (Lipinski definition) is 0. The molecule has 2 aliphatic rings. The first-order valence-corrected chi connectivity index (χ1v) is 10.3. The lowest BCUT2D eigenvalue weighted by Gasteiger charge is -2.25. The highest BCUT2D eigenvalue weighted by Gasteiger charge is 2.52. The molecule has 4 rings (SSSR count). The van der Waals surface area contributed by atoms with Gasteiger partial charge in [-0.2, -0.15) is 0 Å². The summed E-state index contributed by atoms with van der Waals surface area (Å²) < 4.78 is 43.1. The van der Waals surface area contributed by atoms with E-state index in [0.717, 1.165) is 5.69 Å². The smallest absolute Gasteiger partial charge is 0.181 e. The summed E-state index contributed by atoms with van der Waals surface area (Å²) in [4.78, 5) is 3.71. The van der Waals surface area contributed by atoms with Gasteiger partial charge in [-0.3, -0.25) is 0 Å². The van der Waals surface area contributed by atoms with Crippen molar-refractivity contribution < 1.29 is 17.5 Å². The van der Waals surface area contributed by atoms with Crippen molar-refractivity contribution in [2.24, 2.45) is 0 Å². The molecule has 2 atom stereocenters. The van der Waals surface area contributed by atoms with Crippen LogP contribution in [0.15, 0.2) is 48.5 Å². The van der Waals surface area contributed by atoms with Crippen LogP contribution in [0.3, 0.4) is 0 Å². The highest BCUT2D eigenvalue weighted by Crippen LogP contribution is 2.38. The minimum atomic E-state index is -3.17. The van der Waals surface area contributed by atoms with Crippen molar-refractivity contribution in [2.75, 3.05) is 28.4 Å². The molecule has 0 N–H and O–H groups in total. The summed E-state index contributed by atoms with van der Waals surface area (Å²) in [5, 5.41) is 0.520. The highest BCUT2D eigenvalue weighted by atomic mass is 32.2. The third-order valence-corrected chi connectivity index (χ3v) is 6.92. The van der Waals surface area contributed by atoms with Crippen LogP contribution in [0.1, 0.15) is 0 Å². The second-order valence-corrected chi connectivity index (χ2v) is 8.93. The molecular weight excluding hydrogens is 375 g/mol. The molecule has 0 bridgehead atoms. The SMILES string of the molecule is COc1ccc(N2C(=S)N(c3ccc(F)cc3)[C@H]3CS(=O)(=O)C[C@@H]32)cc1. The van der Waals surface area contributed by atoms with Crippen LogP contribution in [0.4, 0.5) is 15.8 Å². The van der Waals surface area contributed by atoms with Crippen LogP contribution in [0, 0.1) is 5.82 Å². The Balaban J connectivity index is 1.77. The molecule has 8 heteroatoms. The molecule has 136 valence electrons. The first-order valence-electron chi connectivity index (χ1n) is 8.12. The van der Waals surface area contributed by atoms with Crippen LogP contribution >= 0.6 is 12.2 Å². The summed E-state index contributed by atoms with van der Waals surface area (Å²) in [5.74, 6) is 0.440. The van der Waals surface area contributed by atoms with Gasteiger partial charge in [0.2, 0.25) is 0 Å². The van der Waals surface area contributed by atoms with E-state index in [0.29, 0.717) is 16.5 Å². The van der Waals surface area contributed by atoms with Crippen molar-refractivity contribution in [2.45, 2.75) is 12.1 Å². The van der Waals surface area contributed by atoms with Crippen molar-refractivity contribution in [3.8, 4) is 5.75 Å². The van der Waals surface area contributed by atoms with Crippen LogP contribution in [0.25, 0.3) is 0 Å². The quantitative estimate of drug-likeness (QED) is 0.749. The van der Waals surface area contributed by atoms with Crippen molar-refractivity contribution in [3.05, 3.63) is 54.3 Å². The van der Waals surface area contributed by atoms with E-state index < -0.39 is 9.84 Å². The molecule has 26 heavy (non-hydrogen) atoms. The Kier molecular flexibility index (Phi) is 4.11. The van der Waals surface area contributed by atoms with Gasteiger partial charge in [0.25, 0.3) is 0 Å². The maximum atomic E-state index is 13.3. The zero-order chi connectivity index (χ0) is 18.5. The van der Waals surface area contributed by atoms with E-state index in [4.69, 9.17) is 17.0 Å². The fraction of sp³-hybridized carbons (Fsp3) is 0.278. The normalized spacial score (nSPS) is 24.0. The van der Waals surface area contributed by atoms with Crippen LogP contribution < -0.4 is 14.5 Å². The van der Waals surface area contributed by atoms with E-state index >= 15 is 0 Å². The first kappa shape index (κ1) is 17.2. The van der Waals surface area contributed by atoms with E-state index in [2.05, 4.69) is 0 Å². The maximum absolute atomic E-state index is 13.3. The summed E-state index contributed by atoms with van der Waals surface area (Å²) in [6.07, 6.45) is 0. The predicted octanol–water partition coefficient (Wildman–Crippen LogP) is 2.61. The average Bonchev–Trinajstić information content (AvgIpc) is 3.05. The van der Waals surface area contributed by atoms with Crippen LogP contribution in [-0.2, 0) is 9.84 Å². The van der Waals surface area contributed by atoms with Crippen LogP contribution in [0.2, 0.25) is 0 Å². The number of fused-ring (bicyclic) bond motifs is 1. The van der Waals surface area contributed by atoms with Crippen LogP contribution in [-0.4, -0.2) is 44.2 Å². The molecule has 0 unspecified atom stereocenters. The summed E-state index contributed by atoms with van der Waals surface area (Å²) in [5.41, 5.74) is 1.51. The van der Waals surface area contributed by atoms with Gasteiger partial charge in [-0.15, -0.1) is 0 Å². The Labute approximate surface area is 156 Å². The molecule has 0 aromatic heterocycles. The number of anilines is 2. The van der Waals surface area contributed by atoms with Crippen molar-refractivity contribution in [1.82, 2.24) is 0 Å². The van der Waals surface area contributed by atoms with Gasteiger partial charge in [0.15, 0.2) is 14.9 Å². The lowest BCUT2D eigenvalue weighted by molar-refractivity contribution is 0.415. The fourth-order valence-corrected chi connectivity index (χ4v) is 6.05. The summed E-state index contributed by atoms with van der Waals surface area (Å²) in [7, 11) is -1.58. The number of rotatable bonds is 3. The third-order valence-electron chi connectivity index (χ3n) is 4.82. The van der Waals surface area contributed by atoms with Crippen molar-refractivity contribution in [3.63, 3.8) is 0 Å². The standard InChI is InChI=1S/C18H17FN2O3S2/c1-24-15-8-6-14(7-9-15)21-17-11-26(22,23)10-16(17)20(18(21)25)13-4-2-12(19)3-5-13/h2-9,16-17H,10-11H2,1H3/t16-,17-/m0/s1. The second-order valence-electron chi connectivity index (χ2n) is 6.41. The number of thiocarbonyl (C=S) groups is 1. The minimum Gasteiger partial charge on any atom is -0.497 e. The van der Waals surface area contributed by atoms with Gasteiger partial charge in [0, 0.05) is 11.4 Å². The number of ether oxygens (including phenoxy) is 1. The van der Waals surface area contributed by atoms with Gasteiger partial charge in [0.1, 0.15) is 11.6 Å². The lowest BCUT2D eigenvalue weighted by Crippen LogP contribution is -2.37. The first-order chi connectivity index (χ1) is 12.4. The minimum absolute atomic E-state index is 0.0296. The number of nitrogens with zero attached hydrogens (tertiary/aromatic N) is 2. The molecule has 0 saturated carbocycles. The Bertz CT molecular complexity index is 945. The van der Waals surface area contributed by atoms with Crippen molar-refractivity contribution >= 4 is 38.5 Å². The van der Waals surface area contributed by atoms with Crippen LogP contribution in [0.5, 0.6) is 5.75 Å². The van der Waals surface area contributed by atoms with Crippen molar-refractivity contribution in [1.29, 1.82) is 0 Å². The molecule has 0 amide bonds. The predicted molar refractivity (Wildman–Crippen MR) is 103 cm³/mol. The molecule has 2 aromatic carbocycles. The van der Waals surface area contributed by atoms with Gasteiger partial charge < -0.3 is 14.5 Å². The Morgan fingerprint density at radius 2 is 1.42 bits per heavy atom. The monoisotopic (exact) mass is 392 g/mol. The van der Waals surface area contributed by atoms with Gasteiger partial charge >= 0.3 is 0 Å². The zero-order valence-electron chi connectivity index (χ0n) is 14.0. The molecule has 2 aliphatic heterocycles. The number of benzene rings is 2. The largest absolute Gasteiger partial charge is 0.497 e. The van der Waals surface area contributed by atoms with Gasteiger partial charge in [-0.25, -0.2) is 12.8 Å². The van der Waals surface area contributed by atoms with E-state index in [1.54, 1.807) is 19.2 Å². The molecular formula is C18H17FN2O3S2. The Morgan fingerprint density at radius 3 is 1.88 bits per heavy atom. The molecule has 2 saturated heterocycles. The average molecular weight is 392 g/mol. The van der Waals surface area contributed by atoms with E-state index in [9.17, 15) is 12.8 Å². The number of sulfone groups is 1. The molecule has 0 radical (unpaired) electrons. The fourth-order valence-electron chi connectivity index (χ4n) is 3.65. The van der Waals surface area contributed by atoms with Gasteiger partial charge in [-0.1, -0.05) is 0 Å². The van der Waals surface area contributed by atoms with E-state index in [1.807, 2.05) is 34.1 Å². The van der Waals surface area contributed by atoms with E-state index in [-0.39, 0.29) is 29.4 Å². The topological polar surface area (TPSA) is 49.9 Å². The second kappa shape index (κ2) is 6.21. The molecule has 0 spiro atoms. The molecule has 2 fully saturated rings. The summed E-state index contributed by atoms with van der Waals surface area (Å²) in [6, 6.07) is 12.8. The zero-order valence-corrected chi connectivity index (χ0v) is 15.6. The Hall–Kier alpha value is -2.19. The van der Waals surface area contributed by atoms with Gasteiger partial charge in [0.05, 0.1) is 30.7 Å². The molecule has 0 aliphatic carbocycles. The molecule has 2 heterocycles. The van der Waals surface area contributed by atoms with Gasteiger partial charge in [-0.05, 0) is 60.7 Å². The number of hydrogen-bond acceptors (Lipinski definition) is 4. The third kappa shape index (κ3) is 2.83. The summed E-state index contributed by atoms with van der Waals surface area (Å²) in [6.45, 7) is 0. The molecule has 5 nitrogen and oxygen atoms in total.